The smallest absolute Gasteiger partial charge is 0.465 e. The molecular weight excluding hydrogens is 532 g/mol. The number of nitrogens with zero attached hydrogens (tertiary/aromatic N) is 2. The van der Waals surface area contributed by atoms with Crippen LogP contribution in [0.1, 0.15) is 66.1 Å². The summed E-state index contributed by atoms with van der Waals surface area (Å²) in [5, 5.41) is 4.15. The van der Waals surface area contributed by atoms with Crippen molar-refractivity contribution in [3.63, 3.8) is 0 Å². The second-order valence-corrected chi connectivity index (χ2v) is 10.5. The largest absolute Gasteiger partial charge is 0.573 e. The van der Waals surface area contributed by atoms with E-state index in [1.807, 2.05) is 0 Å². The molecule has 2 aromatic carbocycles. The number of piperidine rings is 1. The monoisotopic (exact) mass is 560 g/mol. The summed E-state index contributed by atoms with van der Waals surface area (Å²) in [6.45, 7) is 0.136. The number of aromatic nitrogens is 1. The Balaban J connectivity index is 1.19. The molecule has 2 aliphatic heterocycles. The fourth-order valence-corrected chi connectivity index (χ4v) is 6.03. The summed E-state index contributed by atoms with van der Waals surface area (Å²) in [4.78, 5) is 13.9. The number of rotatable bonds is 8. The third-order valence-electron chi connectivity index (χ3n) is 7.93. The zero-order chi connectivity index (χ0) is 28.0. The SMILES string of the molecule is COC(=O)c1ccc(N2[C@@H]3CC[C@H]2CC(OCc2c(-c4ccccc4OC(F)(F)F)noc2C2CC2)C3)c(F)c1. The highest BCUT2D eigenvalue weighted by molar-refractivity contribution is 5.89. The number of fused-ring (bicyclic) bond motifs is 2. The Kier molecular flexibility index (Phi) is 6.93. The summed E-state index contributed by atoms with van der Waals surface area (Å²) in [6.07, 6.45) is -0.0157. The lowest BCUT2D eigenvalue weighted by Gasteiger charge is -2.40. The van der Waals surface area contributed by atoms with Gasteiger partial charge in [-0.2, -0.15) is 0 Å². The van der Waals surface area contributed by atoms with E-state index >= 15 is 4.39 Å². The molecule has 0 N–H and O–H groups in total. The molecule has 7 nitrogen and oxygen atoms in total. The molecule has 0 radical (unpaired) electrons. The highest BCUT2D eigenvalue weighted by Gasteiger charge is 2.43. The number of hydrogen-bond donors (Lipinski definition) is 0. The Labute approximate surface area is 228 Å². The second kappa shape index (κ2) is 10.4. The predicted molar refractivity (Wildman–Crippen MR) is 135 cm³/mol. The molecule has 1 aromatic heterocycles. The van der Waals surface area contributed by atoms with Crippen molar-refractivity contribution in [2.75, 3.05) is 12.0 Å². The van der Waals surface area contributed by atoms with E-state index in [-0.39, 0.29) is 53.3 Å². The summed E-state index contributed by atoms with van der Waals surface area (Å²) < 4.78 is 75.2. The molecule has 40 heavy (non-hydrogen) atoms. The van der Waals surface area contributed by atoms with E-state index in [2.05, 4.69) is 14.8 Å². The van der Waals surface area contributed by atoms with Crippen molar-refractivity contribution >= 4 is 11.7 Å². The average molecular weight is 561 g/mol. The Morgan fingerprint density at radius 3 is 2.45 bits per heavy atom. The van der Waals surface area contributed by atoms with Gasteiger partial charge in [-0.1, -0.05) is 17.3 Å². The van der Waals surface area contributed by atoms with Gasteiger partial charge in [0, 0.05) is 29.1 Å². The van der Waals surface area contributed by atoms with Crippen molar-refractivity contribution in [1.29, 1.82) is 0 Å². The van der Waals surface area contributed by atoms with Crippen molar-refractivity contribution in [3.05, 3.63) is 65.2 Å². The van der Waals surface area contributed by atoms with Gasteiger partial charge in [0.15, 0.2) is 0 Å². The summed E-state index contributed by atoms with van der Waals surface area (Å²) in [7, 11) is 1.25. The van der Waals surface area contributed by atoms with Crippen LogP contribution in [0.4, 0.5) is 23.2 Å². The lowest BCUT2D eigenvalue weighted by molar-refractivity contribution is -0.274. The van der Waals surface area contributed by atoms with Gasteiger partial charge in [0.2, 0.25) is 0 Å². The zero-order valence-electron chi connectivity index (χ0n) is 21.7. The third kappa shape index (κ3) is 5.26. The first-order valence-electron chi connectivity index (χ1n) is 13.3. The molecule has 0 spiro atoms. The van der Waals surface area contributed by atoms with E-state index in [9.17, 15) is 18.0 Å². The quantitative estimate of drug-likeness (QED) is 0.223. The average Bonchev–Trinajstić information content (AvgIpc) is 3.63. The lowest BCUT2D eigenvalue weighted by atomic mass is 9.98. The van der Waals surface area contributed by atoms with Gasteiger partial charge in [0.05, 0.1) is 31.1 Å². The topological polar surface area (TPSA) is 74.0 Å². The van der Waals surface area contributed by atoms with E-state index in [0.717, 1.165) is 25.7 Å². The number of hydrogen-bond acceptors (Lipinski definition) is 7. The van der Waals surface area contributed by atoms with Gasteiger partial charge in [0.1, 0.15) is 23.0 Å². The number of benzene rings is 2. The molecule has 0 amide bonds. The minimum atomic E-state index is -4.85. The number of esters is 1. The maximum atomic E-state index is 15.0. The first-order chi connectivity index (χ1) is 19.2. The summed E-state index contributed by atoms with van der Waals surface area (Å²) in [5.74, 6) is -0.595. The van der Waals surface area contributed by atoms with Gasteiger partial charge in [-0.25, -0.2) is 9.18 Å². The number of para-hydroxylation sites is 1. The third-order valence-corrected chi connectivity index (χ3v) is 7.93. The molecule has 3 aliphatic rings. The van der Waals surface area contributed by atoms with E-state index in [4.69, 9.17) is 14.0 Å². The van der Waals surface area contributed by atoms with Gasteiger partial charge in [0.25, 0.3) is 0 Å². The fraction of sp³-hybridized carbons (Fsp3) is 0.448. The van der Waals surface area contributed by atoms with E-state index in [0.29, 0.717) is 29.9 Å². The molecule has 1 saturated carbocycles. The van der Waals surface area contributed by atoms with Crippen LogP contribution in [0.2, 0.25) is 0 Å². The molecule has 212 valence electrons. The van der Waals surface area contributed by atoms with Crippen LogP contribution < -0.4 is 9.64 Å². The molecule has 11 heteroatoms. The predicted octanol–water partition coefficient (Wildman–Crippen LogP) is 6.76. The van der Waals surface area contributed by atoms with Gasteiger partial charge >= 0.3 is 12.3 Å². The normalized spacial score (nSPS) is 22.4. The van der Waals surface area contributed by atoms with Crippen molar-refractivity contribution in [2.24, 2.45) is 0 Å². The molecule has 3 atom stereocenters. The molecule has 2 saturated heterocycles. The van der Waals surface area contributed by atoms with Gasteiger partial charge in [-0.3, -0.25) is 0 Å². The van der Waals surface area contributed by atoms with Gasteiger partial charge in [-0.05, 0) is 68.9 Å². The van der Waals surface area contributed by atoms with Crippen LogP contribution >= 0.6 is 0 Å². The van der Waals surface area contributed by atoms with E-state index in [1.165, 1.54) is 31.4 Å². The first-order valence-corrected chi connectivity index (χ1v) is 13.3. The molecule has 3 aromatic rings. The van der Waals surface area contributed by atoms with Crippen LogP contribution in [0, 0.1) is 5.82 Å². The van der Waals surface area contributed by atoms with Crippen molar-refractivity contribution in [3.8, 4) is 17.0 Å². The summed E-state index contributed by atoms with van der Waals surface area (Å²) in [5.41, 5.74) is 1.73. The number of ether oxygens (including phenoxy) is 3. The van der Waals surface area contributed by atoms with Crippen LogP contribution in [0.5, 0.6) is 5.75 Å². The van der Waals surface area contributed by atoms with Gasteiger partial charge in [-0.15, -0.1) is 13.2 Å². The lowest BCUT2D eigenvalue weighted by Crippen LogP contribution is -2.46. The molecule has 1 aliphatic carbocycles. The molecule has 2 bridgehead atoms. The van der Waals surface area contributed by atoms with Gasteiger partial charge < -0.3 is 23.6 Å². The van der Waals surface area contributed by atoms with Crippen LogP contribution in [0.3, 0.4) is 0 Å². The maximum Gasteiger partial charge on any atom is 0.573 e. The Morgan fingerprint density at radius 1 is 1.07 bits per heavy atom. The number of halogens is 4. The number of carbonyl (C=O) groups is 1. The van der Waals surface area contributed by atoms with Crippen LogP contribution in [-0.4, -0.2) is 42.8 Å². The maximum absolute atomic E-state index is 15.0. The van der Waals surface area contributed by atoms with Crippen LogP contribution in [0.25, 0.3) is 11.3 Å². The Hall–Kier alpha value is -3.60. The molecular formula is C29H28F4N2O5. The van der Waals surface area contributed by atoms with Crippen LogP contribution in [0.15, 0.2) is 47.0 Å². The van der Waals surface area contributed by atoms with Crippen molar-refractivity contribution in [1.82, 2.24) is 5.16 Å². The molecule has 6 rings (SSSR count). The zero-order valence-corrected chi connectivity index (χ0v) is 21.7. The van der Waals surface area contributed by atoms with E-state index < -0.39 is 18.1 Å². The summed E-state index contributed by atoms with van der Waals surface area (Å²) >= 11 is 0. The fourth-order valence-electron chi connectivity index (χ4n) is 6.03. The molecule has 1 unspecified atom stereocenters. The number of alkyl halides is 3. The standard InChI is InChI=1S/C29H28F4N2O5/c1-37-28(36)17-8-11-24(23(30)12-17)35-18-9-10-19(35)14-20(13-18)38-15-22-26(34-40-27(22)16-6-7-16)21-4-2-3-5-25(21)39-29(31,32)33/h2-5,8,11-12,16,18-20H,6-7,9-10,13-15H2,1H3/t18-,19+,20?. The van der Waals surface area contributed by atoms with E-state index in [1.54, 1.807) is 18.2 Å². The number of carbonyl (C=O) groups excluding carboxylic acids is 1. The second-order valence-electron chi connectivity index (χ2n) is 10.5. The first kappa shape index (κ1) is 26.6. The Bertz CT molecular complexity index is 1390. The Morgan fingerprint density at radius 2 is 1.80 bits per heavy atom. The van der Waals surface area contributed by atoms with Crippen molar-refractivity contribution < 1.29 is 41.1 Å². The highest BCUT2D eigenvalue weighted by Crippen LogP contribution is 2.46. The molecule has 3 heterocycles. The van der Waals surface area contributed by atoms with Crippen molar-refractivity contribution in [2.45, 2.75) is 75.6 Å². The van der Waals surface area contributed by atoms with Crippen LogP contribution in [-0.2, 0) is 16.1 Å². The minimum absolute atomic E-state index is 0.0629. The highest BCUT2D eigenvalue weighted by atomic mass is 19.4. The minimum Gasteiger partial charge on any atom is -0.465 e. The number of anilines is 1. The molecule has 3 fully saturated rings. The number of methoxy groups -OCH3 is 1. The summed E-state index contributed by atoms with van der Waals surface area (Å²) in [6, 6.07) is 10.4.